The molecule has 16 heteroatoms. The van der Waals surface area contributed by atoms with E-state index in [-0.39, 0.29) is 43.9 Å². The number of fused-ring (bicyclic) bond motifs is 6. The number of hydrazine groups is 1. The molecule has 3 aliphatic heterocycles. The summed E-state index contributed by atoms with van der Waals surface area (Å²) in [7, 11) is 4.56. The summed E-state index contributed by atoms with van der Waals surface area (Å²) in [5.41, 5.74) is 10.2. The van der Waals surface area contributed by atoms with Crippen LogP contribution in [0.25, 0.3) is 33.3 Å². The molecule has 0 radical (unpaired) electrons. The molecule has 0 spiro atoms. The summed E-state index contributed by atoms with van der Waals surface area (Å²) in [6.45, 7) is 13.2. The number of likely N-dealkylation sites (tertiary alicyclic amines) is 1. The van der Waals surface area contributed by atoms with Gasteiger partial charge in [-0.05, 0) is 110 Å². The number of aromatic hydroxyl groups is 1. The number of phenols is 1. The molecule has 1 unspecified atom stereocenters. The number of cyclic esters (lactones) is 1. The number of hydrogen-bond acceptors (Lipinski definition) is 11. The predicted octanol–water partition coefficient (Wildman–Crippen LogP) is 7.76. The van der Waals surface area contributed by atoms with Gasteiger partial charge in [0.1, 0.15) is 23.9 Å². The van der Waals surface area contributed by atoms with E-state index in [1.54, 1.807) is 37.4 Å². The number of aryl methyl sites for hydroxylation is 1. The molecule has 6 bridgehead atoms. The van der Waals surface area contributed by atoms with Crippen molar-refractivity contribution in [3.8, 4) is 28.1 Å². The van der Waals surface area contributed by atoms with Crippen molar-refractivity contribution in [1.82, 2.24) is 35.1 Å². The van der Waals surface area contributed by atoms with E-state index < -0.39 is 65.3 Å². The monoisotopic (exact) mass is 984 g/mol. The van der Waals surface area contributed by atoms with Gasteiger partial charge in [0.2, 0.25) is 11.8 Å². The summed E-state index contributed by atoms with van der Waals surface area (Å²) in [6.07, 6.45) is 2.70. The smallest absolute Gasteiger partial charge is 0.410 e. The van der Waals surface area contributed by atoms with Crippen LogP contribution in [0.2, 0.25) is 0 Å². The molecule has 2 aromatic heterocycles. The summed E-state index contributed by atoms with van der Waals surface area (Å²) in [5.74, 6) is -2.97. The molecule has 3 aromatic carbocycles. The molecule has 382 valence electrons. The molecule has 4 amide bonds. The minimum atomic E-state index is -1.20. The minimum absolute atomic E-state index is 0.0221. The highest BCUT2D eigenvalue weighted by Crippen LogP contribution is 2.43. The van der Waals surface area contributed by atoms with Gasteiger partial charge in [-0.3, -0.25) is 29.2 Å². The molecule has 2 saturated heterocycles. The lowest BCUT2D eigenvalue weighted by atomic mass is 9.84. The number of aromatic nitrogens is 2. The fourth-order valence-electron chi connectivity index (χ4n) is 11.1. The van der Waals surface area contributed by atoms with Crippen LogP contribution in [-0.2, 0) is 52.8 Å². The van der Waals surface area contributed by atoms with Crippen LogP contribution in [-0.4, -0.2) is 118 Å². The number of nitrogens with one attached hydrogen (secondary N) is 2. The van der Waals surface area contributed by atoms with E-state index in [0.29, 0.717) is 43.4 Å². The second-order valence-corrected chi connectivity index (χ2v) is 20.6. The van der Waals surface area contributed by atoms with Crippen LogP contribution < -0.4 is 10.7 Å². The Balaban J connectivity index is 1.19. The Morgan fingerprint density at radius 2 is 1.74 bits per heavy atom. The molecule has 8 rings (SSSR count). The Hall–Kier alpha value is -6.78. The number of benzene rings is 3. The topological polar surface area (TPSA) is 185 Å². The maximum Gasteiger partial charge on any atom is 0.410 e. The van der Waals surface area contributed by atoms with E-state index in [4.69, 9.17) is 19.2 Å². The highest BCUT2D eigenvalue weighted by molar-refractivity contribution is 5.96. The molecule has 16 nitrogen and oxygen atoms in total. The number of pyridine rings is 1. The molecular weight excluding hydrogens is 915 g/mol. The lowest BCUT2D eigenvalue weighted by Crippen LogP contribution is -2.62. The first-order valence-corrected chi connectivity index (χ1v) is 25.1. The Bertz CT molecular complexity index is 2830. The number of likely N-dealkylation sites (N-methyl/N-ethyl adjacent to an activating group) is 1. The van der Waals surface area contributed by atoms with Crippen LogP contribution in [0.5, 0.6) is 5.75 Å². The van der Waals surface area contributed by atoms with Crippen molar-refractivity contribution in [2.24, 2.45) is 17.3 Å². The normalized spacial score (nSPS) is 21.2. The number of methoxy groups -OCH3 is 2. The molecule has 6 atom stereocenters. The third-order valence-corrected chi connectivity index (χ3v) is 14.6. The van der Waals surface area contributed by atoms with Crippen LogP contribution in [0.1, 0.15) is 95.3 Å². The number of carbonyl (C=O) groups excluding carboxylic acids is 5. The van der Waals surface area contributed by atoms with Gasteiger partial charge in [-0.25, -0.2) is 10.2 Å². The van der Waals surface area contributed by atoms with Crippen LogP contribution in [0, 0.1) is 17.3 Å². The van der Waals surface area contributed by atoms with Gasteiger partial charge in [-0.1, -0.05) is 70.2 Å². The molecule has 72 heavy (non-hydrogen) atoms. The minimum Gasteiger partial charge on any atom is -0.508 e. The number of phenolic OH excluding ortho intramolecular Hbond substituents is 1. The number of nitrogens with zero attached hydrogens (tertiary/aromatic N) is 5. The van der Waals surface area contributed by atoms with Crippen molar-refractivity contribution in [2.75, 3.05) is 41.0 Å². The summed E-state index contributed by atoms with van der Waals surface area (Å²) in [6, 6.07) is 21.1. The Labute approximate surface area is 422 Å². The highest BCUT2D eigenvalue weighted by atomic mass is 16.5. The standard InChI is InChI=1S/C56H69N7O9/c1-10-61-46-21-20-37-30-42(46)43(50(61)40-18-14-23-57-47(40)34(4)70-8)31-56(5,6)32-72-54(68)44-19-15-24-63(59-44)53(67)45(28-35-26-38(37)29-39(64)27-35)58-51(65)48(33(2)3)60(7)52(66)41-22-25-62(55(69)71-9)49(41)36-16-12-11-13-17-36/h11-14,16-18,20-21,23,26-27,29-30,33-34,41,44-45,48-49,59,64H,10,15,19,22,24-25,28,31-32H2,1-9H3,(H,58,65)/t34-,41?,44-,45-,48-,49+/m0/s1. The van der Waals surface area contributed by atoms with Crippen molar-refractivity contribution in [3.05, 3.63) is 107 Å². The fourth-order valence-corrected chi connectivity index (χ4v) is 11.1. The molecule has 3 aliphatic rings. The van der Waals surface area contributed by atoms with Gasteiger partial charge >= 0.3 is 12.1 Å². The Morgan fingerprint density at radius 3 is 2.44 bits per heavy atom. The van der Waals surface area contributed by atoms with Gasteiger partial charge in [-0.2, -0.15) is 0 Å². The molecule has 0 saturated carbocycles. The van der Waals surface area contributed by atoms with E-state index >= 15 is 0 Å². The van der Waals surface area contributed by atoms with Crippen molar-refractivity contribution < 1.29 is 43.3 Å². The van der Waals surface area contributed by atoms with E-state index in [9.17, 15) is 29.1 Å². The van der Waals surface area contributed by atoms with Crippen LogP contribution >= 0.6 is 0 Å². The van der Waals surface area contributed by atoms with Crippen LogP contribution in [0.4, 0.5) is 4.79 Å². The molecule has 5 heterocycles. The van der Waals surface area contributed by atoms with E-state index in [1.165, 1.54) is 17.0 Å². The summed E-state index contributed by atoms with van der Waals surface area (Å²) in [5, 5.41) is 16.8. The lowest BCUT2D eigenvalue weighted by Gasteiger charge is -2.37. The maximum atomic E-state index is 14.9. The first-order valence-electron chi connectivity index (χ1n) is 25.1. The number of hydrogen-bond donors (Lipinski definition) is 3. The first kappa shape index (κ1) is 51.6. The van der Waals surface area contributed by atoms with Crippen LogP contribution in [0.3, 0.4) is 0 Å². The molecule has 3 N–H and O–H groups in total. The van der Waals surface area contributed by atoms with Gasteiger partial charge in [0.15, 0.2) is 0 Å². The van der Waals surface area contributed by atoms with Gasteiger partial charge in [0.25, 0.3) is 5.91 Å². The van der Waals surface area contributed by atoms with E-state index in [0.717, 1.165) is 44.5 Å². The highest BCUT2D eigenvalue weighted by Gasteiger charge is 2.46. The zero-order valence-electron chi connectivity index (χ0n) is 42.9. The molecule has 5 aromatic rings. The van der Waals surface area contributed by atoms with Crippen molar-refractivity contribution >= 4 is 40.7 Å². The van der Waals surface area contributed by atoms with Gasteiger partial charge in [-0.15, -0.1) is 0 Å². The van der Waals surface area contributed by atoms with Gasteiger partial charge < -0.3 is 39.0 Å². The van der Waals surface area contributed by atoms with Gasteiger partial charge in [0, 0.05) is 68.3 Å². The third-order valence-electron chi connectivity index (χ3n) is 14.6. The largest absolute Gasteiger partial charge is 0.508 e. The second-order valence-electron chi connectivity index (χ2n) is 20.6. The number of carbonyl (C=O) groups is 5. The summed E-state index contributed by atoms with van der Waals surface area (Å²) < 4.78 is 19.4. The Morgan fingerprint density at radius 1 is 0.972 bits per heavy atom. The summed E-state index contributed by atoms with van der Waals surface area (Å²) in [4.78, 5) is 79.2. The summed E-state index contributed by atoms with van der Waals surface area (Å²) >= 11 is 0. The molecular formula is C56H69N7O9. The van der Waals surface area contributed by atoms with Crippen LogP contribution in [0.15, 0.2) is 85.1 Å². The number of ether oxygens (including phenoxy) is 3. The van der Waals surface area contributed by atoms with Crippen molar-refractivity contribution in [3.63, 3.8) is 0 Å². The molecule has 2 fully saturated rings. The quantitative estimate of drug-likeness (QED) is 0.116. The average Bonchev–Trinajstić information content (AvgIpc) is 3.95. The van der Waals surface area contributed by atoms with Gasteiger partial charge in [0.05, 0.1) is 43.2 Å². The SMILES string of the molecule is CCn1c(-c2cccnc2[C@H](C)OC)c2c3cc(ccc31)-c1cc(O)cc(c1)C[C@H](NC(=O)[C@H](C(C)C)N(C)C(=O)C1CCN(C(=O)OC)[C@@H]1c1ccccc1)C(=O)N1CCC[C@H](N1)C(=O)OCC(C)(C)C2. The zero-order chi connectivity index (χ0) is 51.6. The number of esters is 1. The van der Waals surface area contributed by atoms with E-state index in [2.05, 4.69) is 54.3 Å². The average molecular weight is 984 g/mol. The lowest BCUT2D eigenvalue weighted by molar-refractivity contribution is -0.155. The predicted molar refractivity (Wildman–Crippen MR) is 273 cm³/mol. The first-order chi connectivity index (χ1) is 34.4. The zero-order valence-corrected chi connectivity index (χ0v) is 42.9. The van der Waals surface area contributed by atoms with E-state index in [1.807, 2.05) is 69.3 Å². The second kappa shape index (κ2) is 21.5. The number of amides is 4. The third kappa shape index (κ3) is 10.4. The Kier molecular flexibility index (Phi) is 15.4. The van der Waals surface area contributed by atoms with Crippen molar-refractivity contribution in [1.29, 1.82) is 0 Å². The number of rotatable bonds is 10. The van der Waals surface area contributed by atoms with Crippen molar-refractivity contribution in [2.45, 2.75) is 110 Å². The molecule has 0 aliphatic carbocycles. The fraction of sp³-hybridized carbons (Fsp3) is 0.464. The maximum absolute atomic E-state index is 14.9.